The maximum Gasteiger partial charge on any atom is 0.323 e. The number of carbonyl (C=O) groups is 2. The van der Waals surface area contributed by atoms with Crippen LogP contribution in [0.15, 0.2) is 12.1 Å². The number of hydrogen-bond acceptors (Lipinski definition) is 3. The fourth-order valence-corrected chi connectivity index (χ4v) is 2.43. The van der Waals surface area contributed by atoms with Crippen LogP contribution in [0.1, 0.15) is 18.2 Å². The van der Waals surface area contributed by atoms with Gasteiger partial charge in [-0.3, -0.25) is 4.79 Å². The van der Waals surface area contributed by atoms with Crippen LogP contribution in [-0.4, -0.2) is 35.1 Å². The van der Waals surface area contributed by atoms with Crippen molar-refractivity contribution < 1.29 is 14.7 Å². The summed E-state index contributed by atoms with van der Waals surface area (Å²) < 4.78 is 0.662. The zero-order valence-electron chi connectivity index (χ0n) is 9.98. The highest BCUT2D eigenvalue weighted by atomic mass is 35.5. The van der Waals surface area contributed by atoms with Gasteiger partial charge in [0, 0.05) is 11.4 Å². The van der Waals surface area contributed by atoms with Gasteiger partial charge in [0.25, 0.3) is 0 Å². The predicted molar refractivity (Wildman–Crippen MR) is 71.1 cm³/mol. The number of urea groups is 1. The predicted octanol–water partition coefficient (Wildman–Crippen LogP) is 2.41. The molecule has 2 amide bonds. The molecule has 1 rings (SSSR count). The number of amides is 2. The molecule has 0 aromatic carbocycles. The van der Waals surface area contributed by atoms with E-state index in [-0.39, 0.29) is 12.6 Å². The molecule has 1 heterocycles. The molecule has 0 saturated carbocycles. The summed E-state index contributed by atoms with van der Waals surface area (Å²) in [6, 6.07) is 3.22. The lowest BCUT2D eigenvalue weighted by atomic mass is 10.4. The van der Waals surface area contributed by atoms with Gasteiger partial charge in [0.15, 0.2) is 0 Å². The number of carboxylic acid groups (broad SMARTS) is 1. The number of nitrogens with one attached hydrogen (secondary N) is 1. The summed E-state index contributed by atoms with van der Waals surface area (Å²) in [4.78, 5) is 24.6. The Labute approximate surface area is 114 Å². The molecule has 18 heavy (non-hydrogen) atoms. The minimum Gasteiger partial charge on any atom is -0.480 e. The number of thiophene rings is 1. The second kappa shape index (κ2) is 7.23. The van der Waals surface area contributed by atoms with Crippen LogP contribution in [-0.2, 0) is 11.3 Å². The molecule has 1 aromatic heterocycles. The SMILES string of the molecule is CCCN(CC(=O)O)C(=O)NCc1ccc(Cl)s1. The first-order valence-electron chi connectivity index (χ1n) is 5.51. The first kappa shape index (κ1) is 14.8. The van der Waals surface area contributed by atoms with Crippen LogP contribution in [0, 0.1) is 0 Å². The highest BCUT2D eigenvalue weighted by molar-refractivity contribution is 7.16. The second-order valence-corrected chi connectivity index (χ2v) is 5.48. The molecule has 0 fully saturated rings. The van der Waals surface area contributed by atoms with Crippen LogP contribution >= 0.6 is 22.9 Å². The lowest BCUT2D eigenvalue weighted by Gasteiger charge is -2.20. The molecule has 2 N–H and O–H groups in total. The Kier molecular flexibility index (Phi) is 5.94. The Bertz CT molecular complexity index is 422. The van der Waals surface area contributed by atoms with Crippen LogP contribution in [0.5, 0.6) is 0 Å². The molecule has 7 heteroatoms. The van der Waals surface area contributed by atoms with E-state index in [0.717, 1.165) is 4.88 Å². The summed E-state index contributed by atoms with van der Waals surface area (Å²) in [5.41, 5.74) is 0. The fraction of sp³-hybridized carbons (Fsp3) is 0.455. The minimum absolute atomic E-state index is 0.287. The van der Waals surface area contributed by atoms with Gasteiger partial charge in [-0.15, -0.1) is 11.3 Å². The first-order valence-corrected chi connectivity index (χ1v) is 6.71. The average Bonchev–Trinajstić information content (AvgIpc) is 2.71. The third kappa shape index (κ3) is 4.93. The smallest absolute Gasteiger partial charge is 0.323 e. The van der Waals surface area contributed by atoms with Crippen molar-refractivity contribution in [3.05, 3.63) is 21.3 Å². The van der Waals surface area contributed by atoms with E-state index in [0.29, 0.717) is 23.8 Å². The molecule has 0 radical (unpaired) electrons. The minimum atomic E-state index is -1.02. The normalized spacial score (nSPS) is 10.1. The molecule has 1 aromatic rings. The van der Waals surface area contributed by atoms with Crippen LogP contribution in [0.4, 0.5) is 4.79 Å². The molecular weight excluding hydrogens is 276 g/mol. The Morgan fingerprint density at radius 1 is 1.50 bits per heavy atom. The summed E-state index contributed by atoms with van der Waals surface area (Å²) in [6.07, 6.45) is 0.714. The van der Waals surface area contributed by atoms with Crippen molar-refractivity contribution in [3.8, 4) is 0 Å². The van der Waals surface area contributed by atoms with Gasteiger partial charge in [-0.1, -0.05) is 18.5 Å². The van der Waals surface area contributed by atoms with E-state index in [9.17, 15) is 9.59 Å². The largest absolute Gasteiger partial charge is 0.480 e. The summed E-state index contributed by atoms with van der Waals surface area (Å²) in [5, 5.41) is 11.4. The monoisotopic (exact) mass is 290 g/mol. The Hall–Kier alpha value is -1.27. The van der Waals surface area contributed by atoms with E-state index in [1.807, 2.05) is 13.0 Å². The van der Waals surface area contributed by atoms with Crippen molar-refractivity contribution >= 4 is 34.9 Å². The number of hydrogen-bond donors (Lipinski definition) is 2. The molecule has 0 aliphatic heterocycles. The van der Waals surface area contributed by atoms with Crippen LogP contribution in [0.25, 0.3) is 0 Å². The van der Waals surface area contributed by atoms with Gasteiger partial charge in [0.1, 0.15) is 6.54 Å². The molecule has 0 aliphatic rings. The highest BCUT2D eigenvalue weighted by Crippen LogP contribution is 2.20. The van der Waals surface area contributed by atoms with Gasteiger partial charge >= 0.3 is 12.0 Å². The summed E-state index contributed by atoms with van der Waals surface area (Å²) in [5.74, 6) is -1.02. The molecular formula is C11H15ClN2O3S. The van der Waals surface area contributed by atoms with E-state index < -0.39 is 5.97 Å². The van der Waals surface area contributed by atoms with Crippen molar-refractivity contribution in [1.82, 2.24) is 10.2 Å². The molecule has 0 saturated heterocycles. The zero-order chi connectivity index (χ0) is 13.5. The molecule has 5 nitrogen and oxygen atoms in total. The Balaban J connectivity index is 2.48. The number of halogens is 1. The van der Waals surface area contributed by atoms with Gasteiger partial charge in [-0.25, -0.2) is 4.79 Å². The summed E-state index contributed by atoms with van der Waals surface area (Å²) >= 11 is 7.16. The van der Waals surface area contributed by atoms with Gasteiger partial charge < -0.3 is 15.3 Å². The third-order valence-corrected chi connectivity index (χ3v) is 3.38. The number of rotatable bonds is 6. The number of carboxylic acids is 1. The molecule has 0 unspecified atom stereocenters. The Morgan fingerprint density at radius 3 is 2.72 bits per heavy atom. The van der Waals surface area contributed by atoms with Crippen LogP contribution < -0.4 is 5.32 Å². The average molecular weight is 291 g/mol. The van der Waals surface area contributed by atoms with Crippen molar-refractivity contribution in [2.75, 3.05) is 13.1 Å². The number of nitrogens with zero attached hydrogens (tertiary/aromatic N) is 1. The molecule has 100 valence electrons. The van der Waals surface area contributed by atoms with E-state index in [2.05, 4.69) is 5.32 Å². The van der Waals surface area contributed by atoms with Crippen LogP contribution in [0.2, 0.25) is 4.34 Å². The van der Waals surface area contributed by atoms with Crippen molar-refractivity contribution in [1.29, 1.82) is 0 Å². The van der Waals surface area contributed by atoms with Crippen molar-refractivity contribution in [2.45, 2.75) is 19.9 Å². The number of carbonyl (C=O) groups excluding carboxylic acids is 1. The fourth-order valence-electron chi connectivity index (χ4n) is 1.41. The highest BCUT2D eigenvalue weighted by Gasteiger charge is 2.15. The number of aliphatic carboxylic acids is 1. The summed E-state index contributed by atoms with van der Waals surface area (Å²) in [6.45, 7) is 2.38. The lowest BCUT2D eigenvalue weighted by Crippen LogP contribution is -2.42. The Morgan fingerprint density at radius 2 is 2.22 bits per heavy atom. The summed E-state index contributed by atoms with van der Waals surface area (Å²) in [7, 11) is 0. The van der Waals surface area contributed by atoms with Gasteiger partial charge in [0.2, 0.25) is 0 Å². The van der Waals surface area contributed by atoms with Gasteiger partial charge in [-0.2, -0.15) is 0 Å². The maximum absolute atomic E-state index is 11.8. The topological polar surface area (TPSA) is 69.6 Å². The van der Waals surface area contributed by atoms with Crippen molar-refractivity contribution in [2.24, 2.45) is 0 Å². The van der Waals surface area contributed by atoms with Crippen LogP contribution in [0.3, 0.4) is 0 Å². The third-order valence-electron chi connectivity index (χ3n) is 2.15. The van der Waals surface area contributed by atoms with E-state index in [4.69, 9.17) is 16.7 Å². The zero-order valence-corrected chi connectivity index (χ0v) is 11.6. The standard InChI is InChI=1S/C11H15ClN2O3S/c1-2-5-14(7-10(15)16)11(17)13-6-8-3-4-9(12)18-8/h3-4H,2,5-7H2,1H3,(H,13,17)(H,15,16). The lowest BCUT2D eigenvalue weighted by molar-refractivity contribution is -0.137. The maximum atomic E-state index is 11.8. The second-order valence-electron chi connectivity index (χ2n) is 3.68. The van der Waals surface area contributed by atoms with E-state index in [1.54, 1.807) is 6.07 Å². The molecule has 0 bridgehead atoms. The molecule has 0 aliphatic carbocycles. The van der Waals surface area contributed by atoms with Gasteiger partial charge in [-0.05, 0) is 18.6 Å². The van der Waals surface area contributed by atoms with E-state index in [1.165, 1.54) is 16.2 Å². The molecule has 0 atom stereocenters. The van der Waals surface area contributed by atoms with Gasteiger partial charge in [0.05, 0.1) is 10.9 Å². The first-order chi connectivity index (χ1) is 8.52. The van der Waals surface area contributed by atoms with E-state index >= 15 is 0 Å². The molecule has 0 spiro atoms. The van der Waals surface area contributed by atoms with Crippen molar-refractivity contribution in [3.63, 3.8) is 0 Å². The quantitative estimate of drug-likeness (QED) is 0.845.